The molecule has 1 fully saturated rings. The van der Waals surface area contributed by atoms with Gasteiger partial charge in [-0.3, -0.25) is 4.79 Å². The highest BCUT2D eigenvalue weighted by molar-refractivity contribution is 5.86. The van der Waals surface area contributed by atoms with Crippen molar-refractivity contribution in [2.24, 2.45) is 11.7 Å². The number of rotatable bonds is 10. The molecule has 0 saturated carbocycles. The van der Waals surface area contributed by atoms with Gasteiger partial charge in [0, 0.05) is 45.7 Å². The summed E-state index contributed by atoms with van der Waals surface area (Å²) in [4.78, 5) is 16.6. The zero-order valence-electron chi connectivity index (χ0n) is 15.2. The van der Waals surface area contributed by atoms with Gasteiger partial charge < -0.3 is 20.9 Å². The number of carbonyl (C=O) groups is 1. The first-order chi connectivity index (χ1) is 10.1. The zero-order valence-corrected chi connectivity index (χ0v) is 17.6. The SMILES string of the molecule is CC(CNC(=O)CCCCCCN)CN1CCN(C)CC1.Cl.Cl.Cl. The summed E-state index contributed by atoms with van der Waals surface area (Å²) in [6.07, 6.45) is 4.97. The first-order valence-electron chi connectivity index (χ1n) is 8.49. The molecule has 1 aliphatic rings. The van der Waals surface area contributed by atoms with Crippen molar-refractivity contribution in [2.75, 3.05) is 52.9 Å². The van der Waals surface area contributed by atoms with Crippen LogP contribution < -0.4 is 11.1 Å². The van der Waals surface area contributed by atoms with E-state index in [0.717, 1.165) is 71.5 Å². The Morgan fingerprint density at radius 2 is 1.62 bits per heavy atom. The van der Waals surface area contributed by atoms with Gasteiger partial charge in [0.2, 0.25) is 5.91 Å². The standard InChI is InChI=1S/C16H34N4O.3ClH/c1-15(14-20-11-9-19(2)10-12-20)13-18-16(21)7-5-3-4-6-8-17;;;/h15H,3-14,17H2,1-2H3,(H,18,21);3*1H. The van der Waals surface area contributed by atoms with Crippen LogP contribution in [0.1, 0.15) is 39.0 Å². The summed E-state index contributed by atoms with van der Waals surface area (Å²) in [6, 6.07) is 0. The molecule has 0 aromatic rings. The predicted octanol–water partition coefficient (Wildman–Crippen LogP) is 2.16. The molecule has 0 aromatic carbocycles. The van der Waals surface area contributed by atoms with Gasteiger partial charge in [0.25, 0.3) is 0 Å². The molecule has 0 aromatic heterocycles. The Hall–Kier alpha value is 0.220. The van der Waals surface area contributed by atoms with Crippen molar-refractivity contribution in [3.63, 3.8) is 0 Å². The molecule has 0 aliphatic carbocycles. The van der Waals surface area contributed by atoms with Gasteiger partial charge in [-0.25, -0.2) is 0 Å². The van der Waals surface area contributed by atoms with E-state index >= 15 is 0 Å². The van der Waals surface area contributed by atoms with Crippen LogP contribution in [0.5, 0.6) is 0 Å². The van der Waals surface area contributed by atoms with E-state index in [1.54, 1.807) is 0 Å². The van der Waals surface area contributed by atoms with Gasteiger partial charge in [0.1, 0.15) is 0 Å². The molecule has 3 N–H and O–H groups in total. The molecule has 1 amide bonds. The van der Waals surface area contributed by atoms with E-state index < -0.39 is 0 Å². The van der Waals surface area contributed by atoms with Crippen molar-refractivity contribution in [3.8, 4) is 0 Å². The maximum Gasteiger partial charge on any atom is 0.220 e. The molecule has 1 atom stereocenters. The fourth-order valence-corrected chi connectivity index (χ4v) is 2.70. The molecule has 5 nitrogen and oxygen atoms in total. The average molecular weight is 408 g/mol. The zero-order chi connectivity index (χ0) is 15.5. The minimum absolute atomic E-state index is 0. The topological polar surface area (TPSA) is 61.6 Å². The lowest BCUT2D eigenvalue weighted by molar-refractivity contribution is -0.121. The number of hydrogen-bond donors (Lipinski definition) is 2. The number of likely N-dealkylation sites (N-methyl/N-ethyl adjacent to an activating group) is 1. The summed E-state index contributed by atoms with van der Waals surface area (Å²) in [6.45, 7) is 9.48. The summed E-state index contributed by atoms with van der Waals surface area (Å²) in [5.41, 5.74) is 5.45. The fourth-order valence-electron chi connectivity index (χ4n) is 2.70. The Bertz CT molecular complexity index is 290. The molecule has 1 rings (SSSR count). The summed E-state index contributed by atoms with van der Waals surface area (Å²) in [5, 5.41) is 3.07. The molecule has 0 bridgehead atoms. The second-order valence-corrected chi connectivity index (χ2v) is 6.47. The lowest BCUT2D eigenvalue weighted by Gasteiger charge is -2.33. The largest absolute Gasteiger partial charge is 0.356 e. The van der Waals surface area contributed by atoms with E-state index in [-0.39, 0.29) is 43.1 Å². The summed E-state index contributed by atoms with van der Waals surface area (Å²) < 4.78 is 0. The molecular formula is C16H37Cl3N4O. The Balaban J connectivity index is -0.00000147. The number of carbonyl (C=O) groups excluding carboxylic acids is 1. The highest BCUT2D eigenvalue weighted by Gasteiger charge is 2.16. The molecular weight excluding hydrogens is 371 g/mol. The Morgan fingerprint density at radius 1 is 1.04 bits per heavy atom. The van der Waals surface area contributed by atoms with Crippen LogP contribution in [0, 0.1) is 5.92 Å². The van der Waals surface area contributed by atoms with Crippen LogP contribution in [0.4, 0.5) is 0 Å². The maximum absolute atomic E-state index is 11.8. The summed E-state index contributed by atoms with van der Waals surface area (Å²) >= 11 is 0. The number of piperazine rings is 1. The first-order valence-corrected chi connectivity index (χ1v) is 8.49. The van der Waals surface area contributed by atoms with Crippen LogP contribution in [0.3, 0.4) is 0 Å². The maximum atomic E-state index is 11.8. The van der Waals surface area contributed by atoms with E-state index in [4.69, 9.17) is 5.73 Å². The van der Waals surface area contributed by atoms with E-state index in [9.17, 15) is 4.79 Å². The highest BCUT2D eigenvalue weighted by atomic mass is 35.5. The monoisotopic (exact) mass is 406 g/mol. The quantitative estimate of drug-likeness (QED) is 0.545. The third-order valence-corrected chi connectivity index (χ3v) is 4.17. The van der Waals surface area contributed by atoms with Crippen molar-refractivity contribution in [2.45, 2.75) is 39.0 Å². The normalized spacial score (nSPS) is 16.3. The van der Waals surface area contributed by atoms with Gasteiger partial charge in [-0.05, 0) is 32.4 Å². The molecule has 0 spiro atoms. The average Bonchev–Trinajstić information content (AvgIpc) is 2.47. The van der Waals surface area contributed by atoms with Crippen molar-refractivity contribution in [1.29, 1.82) is 0 Å². The fraction of sp³-hybridized carbons (Fsp3) is 0.938. The van der Waals surface area contributed by atoms with Gasteiger partial charge in [-0.2, -0.15) is 0 Å². The van der Waals surface area contributed by atoms with E-state index in [2.05, 4.69) is 29.1 Å². The minimum Gasteiger partial charge on any atom is -0.356 e. The Morgan fingerprint density at radius 3 is 2.21 bits per heavy atom. The molecule has 148 valence electrons. The number of nitrogens with one attached hydrogen (secondary N) is 1. The van der Waals surface area contributed by atoms with Gasteiger partial charge in [0.05, 0.1) is 0 Å². The lowest BCUT2D eigenvalue weighted by Crippen LogP contribution is -2.46. The van der Waals surface area contributed by atoms with Crippen LogP contribution in [-0.4, -0.2) is 68.6 Å². The molecule has 0 radical (unpaired) electrons. The molecule has 1 saturated heterocycles. The smallest absolute Gasteiger partial charge is 0.220 e. The second kappa shape index (κ2) is 18.0. The first kappa shape index (κ1) is 29.0. The van der Waals surface area contributed by atoms with Crippen molar-refractivity contribution >= 4 is 43.1 Å². The highest BCUT2D eigenvalue weighted by Crippen LogP contribution is 2.05. The predicted molar refractivity (Wildman–Crippen MR) is 110 cm³/mol. The van der Waals surface area contributed by atoms with Gasteiger partial charge in [0.15, 0.2) is 0 Å². The summed E-state index contributed by atoms with van der Waals surface area (Å²) in [5.74, 6) is 0.725. The van der Waals surface area contributed by atoms with E-state index in [0.29, 0.717) is 12.3 Å². The number of unbranched alkanes of at least 4 members (excludes halogenated alkanes) is 3. The molecule has 8 heteroatoms. The van der Waals surface area contributed by atoms with Crippen LogP contribution in [0.2, 0.25) is 0 Å². The van der Waals surface area contributed by atoms with Crippen molar-refractivity contribution in [1.82, 2.24) is 15.1 Å². The number of amides is 1. The molecule has 1 aliphatic heterocycles. The van der Waals surface area contributed by atoms with Crippen molar-refractivity contribution in [3.05, 3.63) is 0 Å². The van der Waals surface area contributed by atoms with Crippen LogP contribution >= 0.6 is 37.2 Å². The Labute approximate surface area is 166 Å². The molecule has 24 heavy (non-hydrogen) atoms. The number of nitrogens with two attached hydrogens (primary N) is 1. The molecule has 1 heterocycles. The molecule has 1 unspecified atom stereocenters. The Kier molecular flexibility index (Phi) is 21.8. The second-order valence-electron chi connectivity index (χ2n) is 6.47. The third-order valence-electron chi connectivity index (χ3n) is 4.17. The lowest BCUT2D eigenvalue weighted by atomic mass is 10.1. The van der Waals surface area contributed by atoms with E-state index in [1.807, 2.05) is 0 Å². The van der Waals surface area contributed by atoms with Crippen LogP contribution in [-0.2, 0) is 4.79 Å². The summed E-state index contributed by atoms with van der Waals surface area (Å²) in [7, 11) is 2.18. The van der Waals surface area contributed by atoms with Gasteiger partial charge in [-0.1, -0.05) is 19.8 Å². The number of halogens is 3. The van der Waals surface area contributed by atoms with E-state index in [1.165, 1.54) is 0 Å². The van der Waals surface area contributed by atoms with Crippen LogP contribution in [0.25, 0.3) is 0 Å². The van der Waals surface area contributed by atoms with Crippen LogP contribution in [0.15, 0.2) is 0 Å². The number of nitrogens with zero attached hydrogens (tertiary/aromatic N) is 2. The van der Waals surface area contributed by atoms with Gasteiger partial charge >= 0.3 is 0 Å². The minimum atomic E-state index is 0. The number of hydrogen-bond acceptors (Lipinski definition) is 4. The van der Waals surface area contributed by atoms with Gasteiger partial charge in [-0.15, -0.1) is 37.2 Å². The third kappa shape index (κ3) is 14.6. The van der Waals surface area contributed by atoms with Crippen molar-refractivity contribution < 1.29 is 4.79 Å².